The highest BCUT2D eigenvalue weighted by Crippen LogP contribution is 2.29. The molecule has 1 aliphatic rings. The molecule has 0 unspecified atom stereocenters. The molecule has 3 heteroatoms. The maximum Gasteiger partial charge on any atom is 0.137 e. The molecule has 0 radical (unpaired) electrons. The summed E-state index contributed by atoms with van der Waals surface area (Å²) in [5.41, 5.74) is 13.4. The Hall–Kier alpha value is -2.13. The number of nitrogens with zero attached hydrogens (tertiary/aromatic N) is 2. The summed E-state index contributed by atoms with van der Waals surface area (Å²) in [5.74, 6) is 0. The molecule has 0 atom stereocenters. The van der Waals surface area contributed by atoms with E-state index in [1.165, 1.54) is 48.1 Å². The first-order chi connectivity index (χ1) is 10.9. The molecule has 0 bridgehead atoms. The predicted octanol–water partition coefficient (Wildman–Crippen LogP) is 3.38. The van der Waals surface area contributed by atoms with Gasteiger partial charge in [0, 0.05) is 18.2 Å². The lowest BCUT2D eigenvalue weighted by Gasteiger charge is -2.16. The third kappa shape index (κ3) is 2.22. The number of rotatable bonds is 3. The second-order valence-electron chi connectivity index (χ2n) is 6.07. The standard InChI is InChI=1S/C19H21N3/c20-11-10-17-19(21-18-7-3-4-12-22(17)18)16-9-8-14-5-1-2-6-15(14)13-16/h3-4,7-9,12-13H,1-2,5-6,10-11,20H2. The molecule has 0 aliphatic heterocycles. The molecular formula is C19H21N3. The fourth-order valence-electron chi connectivity index (χ4n) is 3.53. The maximum absolute atomic E-state index is 5.83. The van der Waals surface area contributed by atoms with Gasteiger partial charge >= 0.3 is 0 Å². The molecule has 0 saturated heterocycles. The lowest BCUT2D eigenvalue weighted by Crippen LogP contribution is -2.06. The van der Waals surface area contributed by atoms with E-state index in [9.17, 15) is 0 Å². The maximum atomic E-state index is 5.83. The highest BCUT2D eigenvalue weighted by atomic mass is 15.0. The van der Waals surface area contributed by atoms with Crippen molar-refractivity contribution in [2.45, 2.75) is 32.1 Å². The normalized spacial score (nSPS) is 14.2. The van der Waals surface area contributed by atoms with Crippen LogP contribution in [-0.2, 0) is 19.3 Å². The summed E-state index contributed by atoms with van der Waals surface area (Å²) in [6.45, 7) is 0.640. The average Bonchev–Trinajstić information content (AvgIpc) is 2.94. The first-order valence-electron chi connectivity index (χ1n) is 8.15. The first-order valence-corrected chi connectivity index (χ1v) is 8.15. The summed E-state index contributed by atoms with van der Waals surface area (Å²) in [5, 5.41) is 0. The average molecular weight is 291 g/mol. The zero-order valence-corrected chi connectivity index (χ0v) is 12.8. The van der Waals surface area contributed by atoms with Gasteiger partial charge in [-0.2, -0.15) is 0 Å². The minimum atomic E-state index is 0.640. The van der Waals surface area contributed by atoms with E-state index in [2.05, 4.69) is 34.9 Å². The van der Waals surface area contributed by atoms with Gasteiger partial charge in [0.05, 0.1) is 11.4 Å². The summed E-state index contributed by atoms with van der Waals surface area (Å²) < 4.78 is 2.17. The van der Waals surface area contributed by atoms with Crippen molar-refractivity contribution in [3.05, 3.63) is 59.4 Å². The molecule has 2 heterocycles. The number of fused-ring (bicyclic) bond motifs is 2. The quantitative estimate of drug-likeness (QED) is 0.804. The van der Waals surface area contributed by atoms with Gasteiger partial charge in [0.25, 0.3) is 0 Å². The highest BCUT2D eigenvalue weighted by Gasteiger charge is 2.16. The van der Waals surface area contributed by atoms with E-state index in [1.54, 1.807) is 0 Å². The van der Waals surface area contributed by atoms with Gasteiger partial charge in [0.2, 0.25) is 0 Å². The number of benzene rings is 1. The smallest absolute Gasteiger partial charge is 0.137 e. The van der Waals surface area contributed by atoms with Gasteiger partial charge in [-0.15, -0.1) is 0 Å². The molecule has 1 aromatic carbocycles. The SMILES string of the molecule is NCCc1c(-c2ccc3c(c2)CCCC3)nc2ccccn12. The number of aromatic nitrogens is 2. The fraction of sp³-hybridized carbons (Fsp3) is 0.316. The number of imidazole rings is 1. The van der Waals surface area contributed by atoms with Crippen LogP contribution in [0.4, 0.5) is 0 Å². The van der Waals surface area contributed by atoms with Crippen molar-refractivity contribution in [2.75, 3.05) is 6.54 Å². The number of nitrogens with two attached hydrogens (primary N) is 1. The topological polar surface area (TPSA) is 43.3 Å². The Labute approximate surface area is 130 Å². The Morgan fingerprint density at radius 2 is 1.91 bits per heavy atom. The van der Waals surface area contributed by atoms with Gasteiger partial charge in [-0.05, 0) is 61.6 Å². The van der Waals surface area contributed by atoms with Gasteiger partial charge < -0.3 is 10.1 Å². The molecule has 2 aromatic heterocycles. The third-order valence-corrected chi connectivity index (χ3v) is 4.63. The zero-order valence-electron chi connectivity index (χ0n) is 12.8. The van der Waals surface area contributed by atoms with Crippen LogP contribution >= 0.6 is 0 Å². The molecule has 0 fully saturated rings. The second kappa shape index (κ2) is 5.58. The van der Waals surface area contributed by atoms with E-state index in [-0.39, 0.29) is 0 Å². The van der Waals surface area contributed by atoms with Gasteiger partial charge in [-0.25, -0.2) is 4.98 Å². The molecule has 3 nitrogen and oxygen atoms in total. The van der Waals surface area contributed by atoms with E-state index >= 15 is 0 Å². The molecule has 112 valence electrons. The molecule has 1 aliphatic carbocycles. The Kier molecular flexibility index (Phi) is 3.43. The van der Waals surface area contributed by atoms with Crippen LogP contribution in [0.5, 0.6) is 0 Å². The van der Waals surface area contributed by atoms with Crippen LogP contribution in [-0.4, -0.2) is 15.9 Å². The van der Waals surface area contributed by atoms with Crippen molar-refractivity contribution in [1.82, 2.24) is 9.38 Å². The Bertz CT molecular complexity index is 817. The molecule has 0 saturated carbocycles. The van der Waals surface area contributed by atoms with Crippen LogP contribution in [0.15, 0.2) is 42.6 Å². The first kappa shape index (κ1) is 13.5. The van der Waals surface area contributed by atoms with Crippen LogP contribution in [0, 0.1) is 0 Å². The Morgan fingerprint density at radius 1 is 1.05 bits per heavy atom. The predicted molar refractivity (Wildman–Crippen MR) is 90.0 cm³/mol. The van der Waals surface area contributed by atoms with Gasteiger partial charge in [-0.3, -0.25) is 0 Å². The van der Waals surface area contributed by atoms with Crippen molar-refractivity contribution in [2.24, 2.45) is 5.73 Å². The van der Waals surface area contributed by atoms with Crippen LogP contribution in [0.25, 0.3) is 16.9 Å². The molecule has 0 amide bonds. The van der Waals surface area contributed by atoms with Crippen LogP contribution in [0.3, 0.4) is 0 Å². The van der Waals surface area contributed by atoms with Crippen molar-refractivity contribution in [3.8, 4) is 11.3 Å². The second-order valence-corrected chi connectivity index (χ2v) is 6.07. The summed E-state index contributed by atoms with van der Waals surface area (Å²) in [4.78, 5) is 4.86. The molecule has 4 rings (SSSR count). The monoisotopic (exact) mass is 291 g/mol. The summed E-state index contributed by atoms with van der Waals surface area (Å²) in [6.07, 6.45) is 7.96. The molecule has 2 N–H and O–H groups in total. The van der Waals surface area contributed by atoms with E-state index in [0.717, 1.165) is 17.8 Å². The van der Waals surface area contributed by atoms with E-state index in [4.69, 9.17) is 10.7 Å². The van der Waals surface area contributed by atoms with Crippen molar-refractivity contribution in [3.63, 3.8) is 0 Å². The van der Waals surface area contributed by atoms with Gasteiger partial charge in [-0.1, -0.05) is 18.2 Å². The minimum Gasteiger partial charge on any atom is -0.330 e. The molecule has 22 heavy (non-hydrogen) atoms. The summed E-state index contributed by atoms with van der Waals surface area (Å²) in [7, 11) is 0. The number of aryl methyl sites for hydroxylation is 2. The van der Waals surface area contributed by atoms with Crippen molar-refractivity contribution < 1.29 is 0 Å². The van der Waals surface area contributed by atoms with E-state index < -0.39 is 0 Å². The fourth-order valence-corrected chi connectivity index (χ4v) is 3.53. The van der Waals surface area contributed by atoms with Crippen LogP contribution in [0.2, 0.25) is 0 Å². The molecular weight excluding hydrogens is 270 g/mol. The molecule has 3 aromatic rings. The van der Waals surface area contributed by atoms with Gasteiger partial charge in [0.1, 0.15) is 5.65 Å². The number of pyridine rings is 1. The summed E-state index contributed by atoms with van der Waals surface area (Å²) in [6, 6.07) is 13.0. The van der Waals surface area contributed by atoms with Crippen LogP contribution < -0.4 is 5.73 Å². The van der Waals surface area contributed by atoms with E-state index in [1.807, 2.05) is 12.1 Å². The Morgan fingerprint density at radius 3 is 2.77 bits per heavy atom. The minimum absolute atomic E-state index is 0.640. The third-order valence-electron chi connectivity index (χ3n) is 4.63. The van der Waals surface area contributed by atoms with Gasteiger partial charge in [0.15, 0.2) is 0 Å². The lowest BCUT2D eigenvalue weighted by molar-refractivity contribution is 0.686. The van der Waals surface area contributed by atoms with Crippen LogP contribution in [0.1, 0.15) is 29.7 Å². The lowest BCUT2D eigenvalue weighted by atomic mass is 9.89. The zero-order chi connectivity index (χ0) is 14.9. The Balaban J connectivity index is 1.88. The van der Waals surface area contributed by atoms with Crippen molar-refractivity contribution >= 4 is 5.65 Å². The van der Waals surface area contributed by atoms with Crippen molar-refractivity contribution in [1.29, 1.82) is 0 Å². The van der Waals surface area contributed by atoms with E-state index in [0.29, 0.717) is 6.54 Å². The summed E-state index contributed by atoms with van der Waals surface area (Å²) >= 11 is 0. The largest absolute Gasteiger partial charge is 0.330 e. The molecule has 0 spiro atoms. The number of hydrogen-bond acceptors (Lipinski definition) is 2. The number of hydrogen-bond donors (Lipinski definition) is 1. The highest BCUT2D eigenvalue weighted by molar-refractivity contribution is 5.68.